The van der Waals surface area contributed by atoms with Gasteiger partial charge in [0.05, 0.1) is 12.9 Å². The van der Waals surface area contributed by atoms with Gasteiger partial charge in [0.1, 0.15) is 5.75 Å². The Hall–Kier alpha value is -1.20. The highest BCUT2D eigenvalue weighted by Gasteiger charge is 2.27. The number of benzene rings is 1. The average Bonchev–Trinajstić information content (AvgIpc) is 2.92. The lowest BCUT2D eigenvalue weighted by Gasteiger charge is -2.19. The minimum atomic E-state index is 0.0937. The van der Waals surface area contributed by atoms with Crippen LogP contribution in [-0.2, 0) is 4.79 Å². The molecule has 5 heteroatoms. The second kappa shape index (κ2) is 7.55. The monoisotopic (exact) mass is 294 g/mol. The number of carbonyl (C=O) groups is 1. The molecule has 2 unspecified atom stereocenters. The molecule has 0 spiro atoms. The van der Waals surface area contributed by atoms with E-state index >= 15 is 0 Å². The van der Waals surface area contributed by atoms with E-state index in [2.05, 4.69) is 5.32 Å². The van der Waals surface area contributed by atoms with Crippen molar-refractivity contribution < 1.29 is 9.53 Å². The molecule has 0 radical (unpaired) electrons. The number of nitrogens with one attached hydrogen (secondary N) is 1. The van der Waals surface area contributed by atoms with Crippen molar-refractivity contribution in [2.24, 2.45) is 11.7 Å². The fraction of sp³-hybridized carbons (Fsp3) is 0.533. The van der Waals surface area contributed by atoms with Gasteiger partial charge in [-0.3, -0.25) is 4.79 Å². The molecule has 0 aliphatic heterocycles. The number of hydrogen-bond acceptors (Lipinski definition) is 4. The number of rotatable bonds is 6. The molecule has 1 fully saturated rings. The van der Waals surface area contributed by atoms with Gasteiger partial charge in [-0.25, -0.2) is 0 Å². The maximum atomic E-state index is 12.0. The van der Waals surface area contributed by atoms with Crippen LogP contribution in [0.4, 0.5) is 0 Å². The van der Waals surface area contributed by atoms with E-state index in [1.165, 1.54) is 6.42 Å². The summed E-state index contributed by atoms with van der Waals surface area (Å²) < 4.78 is 5.11. The first-order valence-corrected chi connectivity index (χ1v) is 7.97. The first kappa shape index (κ1) is 15.2. The Kier molecular flexibility index (Phi) is 5.73. The molecule has 0 saturated heterocycles. The lowest BCUT2D eigenvalue weighted by atomic mass is 10.0. The molecule has 1 aliphatic rings. The predicted octanol–water partition coefficient (Wildman–Crippen LogP) is 2.03. The summed E-state index contributed by atoms with van der Waals surface area (Å²) in [4.78, 5) is 13.0. The molecule has 20 heavy (non-hydrogen) atoms. The second-order valence-electron chi connectivity index (χ2n) is 5.06. The SMILES string of the molecule is COc1ccc(SCC(=O)NC2CCCC2CN)cc1. The lowest BCUT2D eigenvalue weighted by Crippen LogP contribution is -2.40. The molecule has 3 N–H and O–H groups in total. The van der Waals surface area contributed by atoms with E-state index in [1.807, 2.05) is 24.3 Å². The Morgan fingerprint density at radius 2 is 2.15 bits per heavy atom. The van der Waals surface area contributed by atoms with Crippen LogP contribution in [0.15, 0.2) is 29.2 Å². The zero-order valence-corrected chi connectivity index (χ0v) is 12.6. The highest BCUT2D eigenvalue weighted by Crippen LogP contribution is 2.25. The molecule has 1 saturated carbocycles. The molecule has 1 aromatic rings. The van der Waals surface area contributed by atoms with Gasteiger partial charge < -0.3 is 15.8 Å². The molecule has 2 atom stereocenters. The minimum absolute atomic E-state index is 0.0937. The highest BCUT2D eigenvalue weighted by molar-refractivity contribution is 8.00. The third-order valence-electron chi connectivity index (χ3n) is 3.74. The number of methoxy groups -OCH3 is 1. The highest BCUT2D eigenvalue weighted by atomic mass is 32.2. The third-order valence-corrected chi connectivity index (χ3v) is 4.75. The van der Waals surface area contributed by atoms with E-state index in [4.69, 9.17) is 10.5 Å². The summed E-state index contributed by atoms with van der Waals surface area (Å²) in [6, 6.07) is 8.01. The summed E-state index contributed by atoms with van der Waals surface area (Å²) in [7, 11) is 1.64. The van der Waals surface area contributed by atoms with Crippen LogP contribution in [-0.4, -0.2) is 31.4 Å². The lowest BCUT2D eigenvalue weighted by molar-refractivity contribution is -0.119. The Morgan fingerprint density at radius 1 is 1.40 bits per heavy atom. The number of carbonyl (C=O) groups excluding carboxylic acids is 1. The van der Waals surface area contributed by atoms with Crippen LogP contribution in [0.3, 0.4) is 0 Å². The number of amides is 1. The van der Waals surface area contributed by atoms with Crippen molar-refractivity contribution in [1.29, 1.82) is 0 Å². The van der Waals surface area contributed by atoms with E-state index in [9.17, 15) is 4.79 Å². The summed E-state index contributed by atoms with van der Waals surface area (Å²) in [5, 5.41) is 3.11. The summed E-state index contributed by atoms with van der Waals surface area (Å²) in [5.74, 6) is 1.82. The van der Waals surface area contributed by atoms with Gasteiger partial charge in [0.15, 0.2) is 0 Å². The van der Waals surface area contributed by atoms with Gasteiger partial charge in [-0.2, -0.15) is 0 Å². The maximum Gasteiger partial charge on any atom is 0.230 e. The predicted molar refractivity (Wildman–Crippen MR) is 82.0 cm³/mol. The number of ether oxygens (including phenoxy) is 1. The van der Waals surface area contributed by atoms with Crippen LogP contribution in [0.25, 0.3) is 0 Å². The van der Waals surface area contributed by atoms with Gasteiger partial charge in [-0.05, 0) is 49.6 Å². The van der Waals surface area contributed by atoms with Crippen molar-refractivity contribution in [3.05, 3.63) is 24.3 Å². The first-order chi connectivity index (χ1) is 9.72. The molecule has 0 bridgehead atoms. The fourth-order valence-electron chi connectivity index (χ4n) is 2.58. The Balaban J connectivity index is 1.76. The van der Waals surface area contributed by atoms with Crippen molar-refractivity contribution in [3.63, 3.8) is 0 Å². The normalized spacial score (nSPS) is 21.7. The van der Waals surface area contributed by atoms with Gasteiger partial charge in [-0.15, -0.1) is 11.8 Å². The second-order valence-corrected chi connectivity index (χ2v) is 6.11. The van der Waals surface area contributed by atoms with Gasteiger partial charge in [0.25, 0.3) is 0 Å². The van der Waals surface area contributed by atoms with E-state index < -0.39 is 0 Å². The van der Waals surface area contributed by atoms with Crippen LogP contribution in [0, 0.1) is 5.92 Å². The fourth-order valence-corrected chi connectivity index (χ4v) is 3.29. The zero-order chi connectivity index (χ0) is 14.4. The van der Waals surface area contributed by atoms with Gasteiger partial charge >= 0.3 is 0 Å². The quantitative estimate of drug-likeness (QED) is 0.788. The Labute approximate surface area is 124 Å². The minimum Gasteiger partial charge on any atom is -0.497 e. The van der Waals surface area contributed by atoms with Crippen LogP contribution in [0.1, 0.15) is 19.3 Å². The molecule has 2 rings (SSSR count). The van der Waals surface area contributed by atoms with E-state index in [1.54, 1.807) is 18.9 Å². The summed E-state index contributed by atoms with van der Waals surface area (Å²) in [6.07, 6.45) is 3.35. The number of thioether (sulfide) groups is 1. The van der Waals surface area contributed by atoms with Crippen molar-refractivity contribution in [2.45, 2.75) is 30.2 Å². The van der Waals surface area contributed by atoms with Crippen molar-refractivity contribution >= 4 is 17.7 Å². The van der Waals surface area contributed by atoms with Gasteiger partial charge in [-0.1, -0.05) is 6.42 Å². The molecule has 0 aromatic heterocycles. The smallest absolute Gasteiger partial charge is 0.230 e. The molecular formula is C15H22N2O2S. The van der Waals surface area contributed by atoms with Crippen molar-refractivity contribution in [3.8, 4) is 5.75 Å². The first-order valence-electron chi connectivity index (χ1n) is 6.99. The Morgan fingerprint density at radius 3 is 2.80 bits per heavy atom. The van der Waals surface area contributed by atoms with Crippen LogP contribution < -0.4 is 15.8 Å². The third kappa shape index (κ3) is 4.15. The van der Waals surface area contributed by atoms with E-state index in [-0.39, 0.29) is 11.9 Å². The van der Waals surface area contributed by atoms with Crippen molar-refractivity contribution in [2.75, 3.05) is 19.4 Å². The number of hydrogen-bond donors (Lipinski definition) is 2. The number of nitrogens with two attached hydrogens (primary N) is 1. The largest absolute Gasteiger partial charge is 0.497 e. The maximum absolute atomic E-state index is 12.0. The van der Waals surface area contributed by atoms with Crippen LogP contribution in [0.2, 0.25) is 0 Å². The summed E-state index contributed by atoms with van der Waals surface area (Å²) >= 11 is 1.54. The Bertz CT molecular complexity index is 436. The standard InChI is InChI=1S/C15H22N2O2S/c1-19-12-5-7-13(8-6-12)20-10-15(18)17-14-4-2-3-11(14)9-16/h5-8,11,14H,2-4,9-10,16H2,1H3,(H,17,18). The molecule has 1 aliphatic carbocycles. The molecule has 4 nitrogen and oxygen atoms in total. The molecule has 0 heterocycles. The summed E-state index contributed by atoms with van der Waals surface area (Å²) in [6.45, 7) is 0.663. The van der Waals surface area contributed by atoms with E-state index in [0.29, 0.717) is 18.2 Å². The van der Waals surface area contributed by atoms with Crippen LogP contribution in [0.5, 0.6) is 5.75 Å². The molecular weight excluding hydrogens is 272 g/mol. The van der Waals surface area contributed by atoms with Crippen molar-refractivity contribution in [1.82, 2.24) is 5.32 Å². The average molecular weight is 294 g/mol. The van der Waals surface area contributed by atoms with Gasteiger partial charge in [0, 0.05) is 10.9 Å². The van der Waals surface area contributed by atoms with E-state index in [0.717, 1.165) is 23.5 Å². The molecule has 110 valence electrons. The molecule has 1 aromatic carbocycles. The topological polar surface area (TPSA) is 64.3 Å². The summed E-state index contributed by atoms with van der Waals surface area (Å²) in [5.41, 5.74) is 5.72. The zero-order valence-electron chi connectivity index (χ0n) is 11.8. The van der Waals surface area contributed by atoms with Crippen LogP contribution >= 0.6 is 11.8 Å². The van der Waals surface area contributed by atoms with Gasteiger partial charge in [0.2, 0.25) is 5.91 Å². The molecule has 1 amide bonds.